The summed E-state index contributed by atoms with van der Waals surface area (Å²) in [5.74, 6) is -7.88. The SMILES string of the molecule is O=C1C(=O)c2cccc(O)c2C(O)=C1C1=C(O)c2c(O)cccc2C(=O)C1=O. The highest BCUT2D eigenvalue weighted by molar-refractivity contribution is 6.60. The molecule has 0 atom stereocenters. The molecule has 0 saturated heterocycles. The summed E-state index contributed by atoms with van der Waals surface area (Å²) in [6.45, 7) is 0. The average Bonchev–Trinajstić information content (AvgIpc) is 2.66. The molecular weight excluding hydrogens is 368 g/mol. The molecule has 0 saturated carbocycles. The van der Waals surface area contributed by atoms with Crippen molar-refractivity contribution >= 4 is 34.7 Å². The summed E-state index contributed by atoms with van der Waals surface area (Å²) < 4.78 is 0. The van der Waals surface area contributed by atoms with Gasteiger partial charge in [0.15, 0.2) is 0 Å². The van der Waals surface area contributed by atoms with E-state index in [-0.39, 0.29) is 11.1 Å². The predicted molar refractivity (Wildman–Crippen MR) is 94.0 cm³/mol. The summed E-state index contributed by atoms with van der Waals surface area (Å²) in [5, 5.41) is 41.1. The second-order valence-corrected chi connectivity index (χ2v) is 6.16. The van der Waals surface area contributed by atoms with E-state index in [1.165, 1.54) is 24.3 Å². The molecule has 4 rings (SSSR count). The molecule has 8 heteroatoms. The summed E-state index contributed by atoms with van der Waals surface area (Å²) in [4.78, 5) is 50.0. The number of hydrogen-bond donors (Lipinski definition) is 4. The van der Waals surface area contributed by atoms with Crippen molar-refractivity contribution < 1.29 is 39.6 Å². The molecule has 8 nitrogen and oxygen atoms in total. The van der Waals surface area contributed by atoms with E-state index >= 15 is 0 Å². The van der Waals surface area contributed by atoms with Gasteiger partial charge in [0, 0.05) is 11.1 Å². The number of Topliss-reactive ketones (excluding diaryl/α,β-unsaturated/α-hetero) is 4. The second-order valence-electron chi connectivity index (χ2n) is 6.16. The number of aliphatic hydroxyl groups is 2. The van der Waals surface area contributed by atoms with E-state index in [1.807, 2.05) is 0 Å². The molecule has 0 spiro atoms. The van der Waals surface area contributed by atoms with Gasteiger partial charge < -0.3 is 20.4 Å². The van der Waals surface area contributed by atoms with E-state index in [2.05, 4.69) is 0 Å². The maximum atomic E-state index is 12.6. The monoisotopic (exact) mass is 378 g/mol. The van der Waals surface area contributed by atoms with Gasteiger partial charge in [0.05, 0.1) is 22.3 Å². The quantitative estimate of drug-likeness (QED) is 0.549. The fourth-order valence-electron chi connectivity index (χ4n) is 3.36. The standard InChI is InChI=1S/C20H10O8/c21-9-5-1-3-7-11(9)17(25)13(19(27)15(7)23)14-18(26)12-8(16(24)20(14)28)4-2-6-10(12)22/h1-6,21-22,25-26H. The molecular formula is C20H10O8. The Bertz CT molecular complexity index is 1120. The molecule has 0 aliphatic heterocycles. The molecule has 0 unspecified atom stereocenters. The summed E-state index contributed by atoms with van der Waals surface area (Å²) in [7, 11) is 0. The normalized spacial score (nSPS) is 16.4. The van der Waals surface area contributed by atoms with Crippen molar-refractivity contribution in [2.24, 2.45) is 0 Å². The fourth-order valence-corrected chi connectivity index (χ4v) is 3.36. The van der Waals surface area contributed by atoms with Gasteiger partial charge in [-0.2, -0.15) is 0 Å². The van der Waals surface area contributed by atoms with Crippen molar-refractivity contribution in [3.63, 3.8) is 0 Å². The van der Waals surface area contributed by atoms with Gasteiger partial charge >= 0.3 is 0 Å². The molecule has 2 aromatic rings. The number of phenolic OH excluding ortho intramolecular Hbond substituents is 2. The topological polar surface area (TPSA) is 149 Å². The molecule has 2 aliphatic rings. The van der Waals surface area contributed by atoms with Crippen LogP contribution >= 0.6 is 0 Å². The maximum Gasteiger partial charge on any atom is 0.238 e. The molecule has 138 valence electrons. The summed E-state index contributed by atoms with van der Waals surface area (Å²) in [6.07, 6.45) is 0. The summed E-state index contributed by atoms with van der Waals surface area (Å²) in [6, 6.07) is 7.28. The highest BCUT2D eigenvalue weighted by atomic mass is 16.3. The largest absolute Gasteiger partial charge is 0.507 e. The van der Waals surface area contributed by atoms with E-state index in [0.29, 0.717) is 0 Å². The van der Waals surface area contributed by atoms with Crippen LogP contribution in [0, 0.1) is 0 Å². The van der Waals surface area contributed by atoms with Crippen LogP contribution < -0.4 is 0 Å². The van der Waals surface area contributed by atoms with Crippen LogP contribution in [0.3, 0.4) is 0 Å². The minimum Gasteiger partial charge on any atom is -0.507 e. The lowest BCUT2D eigenvalue weighted by molar-refractivity contribution is -0.114. The van der Waals surface area contributed by atoms with E-state index in [4.69, 9.17) is 0 Å². The van der Waals surface area contributed by atoms with Crippen LogP contribution in [0.4, 0.5) is 0 Å². The van der Waals surface area contributed by atoms with Gasteiger partial charge in [-0.15, -0.1) is 0 Å². The maximum absolute atomic E-state index is 12.6. The minimum absolute atomic E-state index is 0.288. The Morgan fingerprint density at radius 1 is 0.500 bits per heavy atom. The van der Waals surface area contributed by atoms with E-state index in [1.54, 1.807) is 0 Å². The number of allylic oxidation sites excluding steroid dienone is 2. The fraction of sp³-hybridized carbons (Fsp3) is 0. The summed E-state index contributed by atoms with van der Waals surface area (Å²) in [5.41, 5.74) is -3.20. The third-order valence-electron chi connectivity index (χ3n) is 4.64. The van der Waals surface area contributed by atoms with E-state index in [9.17, 15) is 39.6 Å². The smallest absolute Gasteiger partial charge is 0.238 e. The van der Waals surface area contributed by atoms with Gasteiger partial charge in [-0.05, 0) is 24.3 Å². The second kappa shape index (κ2) is 5.65. The van der Waals surface area contributed by atoms with Crippen molar-refractivity contribution in [1.82, 2.24) is 0 Å². The molecule has 0 heterocycles. The number of carbonyl (C=O) groups excluding carboxylic acids is 4. The van der Waals surface area contributed by atoms with Gasteiger partial charge in [0.1, 0.15) is 23.0 Å². The third-order valence-corrected chi connectivity index (χ3v) is 4.64. The van der Waals surface area contributed by atoms with Crippen LogP contribution in [0.1, 0.15) is 31.8 Å². The number of aromatic hydroxyl groups is 2. The molecule has 0 amide bonds. The first-order valence-corrected chi connectivity index (χ1v) is 7.95. The van der Waals surface area contributed by atoms with Crippen LogP contribution in [0.2, 0.25) is 0 Å². The zero-order valence-corrected chi connectivity index (χ0v) is 13.9. The van der Waals surface area contributed by atoms with Crippen LogP contribution in [0.15, 0.2) is 47.5 Å². The number of benzene rings is 2. The van der Waals surface area contributed by atoms with Gasteiger partial charge in [0.25, 0.3) is 0 Å². The number of carbonyl (C=O) groups is 4. The number of phenols is 2. The lowest BCUT2D eigenvalue weighted by Crippen LogP contribution is -2.32. The first-order valence-electron chi connectivity index (χ1n) is 7.95. The predicted octanol–water partition coefficient (Wildman–Crippen LogP) is 1.87. The average molecular weight is 378 g/mol. The summed E-state index contributed by atoms with van der Waals surface area (Å²) >= 11 is 0. The lowest BCUT2D eigenvalue weighted by Gasteiger charge is -2.23. The first kappa shape index (κ1) is 17.2. The van der Waals surface area contributed by atoms with Gasteiger partial charge in [0.2, 0.25) is 23.1 Å². The van der Waals surface area contributed by atoms with Crippen LogP contribution in [-0.4, -0.2) is 43.6 Å². The zero-order valence-electron chi connectivity index (χ0n) is 13.9. The van der Waals surface area contributed by atoms with Crippen molar-refractivity contribution in [3.8, 4) is 11.5 Å². The molecule has 2 aliphatic carbocycles. The number of aliphatic hydroxyl groups excluding tert-OH is 2. The molecule has 4 N–H and O–H groups in total. The van der Waals surface area contributed by atoms with Crippen molar-refractivity contribution in [2.45, 2.75) is 0 Å². The van der Waals surface area contributed by atoms with E-state index < -0.39 is 68.4 Å². The van der Waals surface area contributed by atoms with Crippen molar-refractivity contribution in [3.05, 3.63) is 69.8 Å². The van der Waals surface area contributed by atoms with Gasteiger partial charge in [-0.25, -0.2) is 0 Å². The van der Waals surface area contributed by atoms with E-state index in [0.717, 1.165) is 12.1 Å². The van der Waals surface area contributed by atoms with Gasteiger partial charge in [-0.1, -0.05) is 12.1 Å². The number of ketones is 4. The third kappa shape index (κ3) is 2.05. The molecule has 28 heavy (non-hydrogen) atoms. The highest BCUT2D eigenvalue weighted by Crippen LogP contribution is 2.42. The molecule has 0 bridgehead atoms. The Morgan fingerprint density at radius 3 is 1.21 bits per heavy atom. The Labute approximate surface area is 156 Å². The number of fused-ring (bicyclic) bond motifs is 2. The molecule has 0 radical (unpaired) electrons. The zero-order chi connectivity index (χ0) is 20.3. The van der Waals surface area contributed by atoms with Crippen LogP contribution in [-0.2, 0) is 9.59 Å². The van der Waals surface area contributed by atoms with Crippen LogP contribution in [0.5, 0.6) is 11.5 Å². The number of hydrogen-bond acceptors (Lipinski definition) is 8. The van der Waals surface area contributed by atoms with Gasteiger partial charge in [-0.3, -0.25) is 19.2 Å². The van der Waals surface area contributed by atoms with Crippen molar-refractivity contribution in [1.29, 1.82) is 0 Å². The molecule has 0 aromatic heterocycles. The Morgan fingerprint density at radius 2 is 0.857 bits per heavy atom. The minimum atomic E-state index is -1.34. The Balaban J connectivity index is 2.11. The lowest BCUT2D eigenvalue weighted by atomic mass is 9.78. The molecule has 2 aromatic carbocycles. The number of rotatable bonds is 1. The highest BCUT2D eigenvalue weighted by Gasteiger charge is 2.44. The van der Waals surface area contributed by atoms with Crippen molar-refractivity contribution in [2.75, 3.05) is 0 Å². The van der Waals surface area contributed by atoms with Crippen LogP contribution in [0.25, 0.3) is 11.5 Å². The first-order chi connectivity index (χ1) is 13.3. The Hall–Kier alpha value is -4.20. The Kier molecular flexibility index (Phi) is 3.47. The molecule has 0 fully saturated rings.